The molecule has 27 heavy (non-hydrogen) atoms. The van der Waals surface area contributed by atoms with E-state index in [0.29, 0.717) is 11.3 Å². The van der Waals surface area contributed by atoms with Crippen LogP contribution in [0, 0.1) is 24.2 Å². The van der Waals surface area contributed by atoms with Gasteiger partial charge in [-0.3, -0.25) is 0 Å². The number of rotatable bonds is 2. The zero-order valence-corrected chi connectivity index (χ0v) is 15.5. The first-order chi connectivity index (χ1) is 12.5. The molecule has 0 fully saturated rings. The second-order valence-electron chi connectivity index (χ2n) is 6.66. The Labute approximate surface area is 158 Å². The maximum Gasteiger partial charge on any atom is 0.416 e. The number of ether oxygens (including phenoxy) is 1. The van der Waals surface area contributed by atoms with Crippen molar-refractivity contribution in [2.24, 2.45) is 11.7 Å². The summed E-state index contributed by atoms with van der Waals surface area (Å²) in [6, 6.07) is 5.29. The Kier molecular flexibility index (Phi) is 4.39. The van der Waals surface area contributed by atoms with E-state index in [1.807, 2.05) is 6.07 Å². The molecular formula is C18H16ClF3N4O. The number of nitrogens with two attached hydrogens (primary N) is 1. The predicted molar refractivity (Wildman–Crippen MR) is 92.9 cm³/mol. The first-order valence-corrected chi connectivity index (χ1v) is 8.43. The van der Waals surface area contributed by atoms with Crippen molar-refractivity contribution in [3.63, 3.8) is 0 Å². The van der Waals surface area contributed by atoms with Crippen LogP contribution in [0.2, 0.25) is 5.02 Å². The van der Waals surface area contributed by atoms with Crippen molar-refractivity contribution in [2.75, 3.05) is 0 Å². The average Bonchev–Trinajstić information content (AvgIpc) is 2.92. The molecule has 142 valence electrons. The van der Waals surface area contributed by atoms with Gasteiger partial charge in [-0.05, 0) is 36.6 Å². The van der Waals surface area contributed by atoms with Crippen LogP contribution < -0.4 is 10.5 Å². The van der Waals surface area contributed by atoms with E-state index in [9.17, 15) is 18.4 Å². The molecule has 0 amide bonds. The number of nitrogens with one attached hydrogen (secondary N) is 1. The van der Waals surface area contributed by atoms with Crippen LogP contribution in [0.3, 0.4) is 0 Å². The molecule has 1 unspecified atom stereocenters. The van der Waals surface area contributed by atoms with Crippen LogP contribution in [-0.4, -0.2) is 10.2 Å². The zero-order valence-electron chi connectivity index (χ0n) is 14.7. The number of hydrogen-bond donors (Lipinski definition) is 2. The third-order valence-corrected chi connectivity index (χ3v) is 5.04. The van der Waals surface area contributed by atoms with Crippen LogP contribution in [0.4, 0.5) is 13.2 Å². The normalized spacial score (nSPS) is 19.7. The molecule has 0 bridgehead atoms. The van der Waals surface area contributed by atoms with Crippen LogP contribution >= 0.6 is 11.6 Å². The molecule has 3 rings (SSSR count). The third-order valence-electron chi connectivity index (χ3n) is 4.82. The fourth-order valence-electron chi connectivity index (χ4n) is 3.75. The predicted octanol–water partition coefficient (Wildman–Crippen LogP) is 4.42. The quantitative estimate of drug-likeness (QED) is 0.786. The molecule has 1 aromatic heterocycles. The highest BCUT2D eigenvalue weighted by Crippen LogP contribution is 2.53. The Bertz CT molecular complexity index is 987. The molecule has 1 aliphatic heterocycles. The summed E-state index contributed by atoms with van der Waals surface area (Å²) < 4.78 is 45.7. The van der Waals surface area contributed by atoms with Crippen LogP contribution in [0.5, 0.6) is 5.88 Å². The number of fused-ring (bicyclic) bond motifs is 1. The lowest BCUT2D eigenvalue weighted by Crippen LogP contribution is -2.41. The molecule has 3 N–H and O–H groups in total. The monoisotopic (exact) mass is 396 g/mol. The highest BCUT2D eigenvalue weighted by molar-refractivity contribution is 6.30. The summed E-state index contributed by atoms with van der Waals surface area (Å²) in [5.74, 6) is -0.341. The van der Waals surface area contributed by atoms with Gasteiger partial charge in [0.15, 0.2) is 0 Å². The van der Waals surface area contributed by atoms with Gasteiger partial charge in [0, 0.05) is 5.02 Å². The molecule has 0 saturated heterocycles. The largest absolute Gasteiger partial charge is 0.422 e. The van der Waals surface area contributed by atoms with Crippen molar-refractivity contribution in [1.82, 2.24) is 10.2 Å². The Balaban J connectivity index is 2.47. The van der Waals surface area contributed by atoms with Crippen LogP contribution in [0.15, 0.2) is 29.7 Å². The van der Waals surface area contributed by atoms with Gasteiger partial charge in [-0.25, -0.2) is 5.10 Å². The van der Waals surface area contributed by atoms with Crippen LogP contribution in [0.25, 0.3) is 0 Å². The summed E-state index contributed by atoms with van der Waals surface area (Å²) in [5.41, 5.74) is 4.94. The first kappa shape index (κ1) is 19.1. The molecule has 0 radical (unpaired) electrons. The number of halogens is 4. The molecule has 0 aliphatic carbocycles. The minimum Gasteiger partial charge on any atom is -0.422 e. The van der Waals surface area contributed by atoms with E-state index in [1.54, 1.807) is 20.8 Å². The number of allylic oxidation sites excluding steroid dienone is 1. The molecule has 1 aromatic carbocycles. The summed E-state index contributed by atoms with van der Waals surface area (Å²) >= 11 is 6.03. The maximum atomic E-state index is 13.4. The number of nitriles is 1. The van der Waals surface area contributed by atoms with E-state index in [0.717, 1.165) is 12.1 Å². The Morgan fingerprint density at radius 1 is 1.33 bits per heavy atom. The van der Waals surface area contributed by atoms with Gasteiger partial charge in [-0.15, -0.1) is 0 Å². The lowest BCUT2D eigenvalue weighted by atomic mass is 9.61. The summed E-state index contributed by atoms with van der Waals surface area (Å²) in [6.07, 6.45) is -4.60. The fraction of sp³-hybridized carbons (Fsp3) is 0.333. The fourth-order valence-corrected chi connectivity index (χ4v) is 3.99. The average molecular weight is 397 g/mol. The van der Waals surface area contributed by atoms with E-state index in [2.05, 4.69) is 10.2 Å². The number of aromatic nitrogens is 2. The van der Waals surface area contributed by atoms with Crippen LogP contribution in [0.1, 0.15) is 36.2 Å². The topological polar surface area (TPSA) is 87.7 Å². The van der Waals surface area contributed by atoms with Crippen molar-refractivity contribution >= 4 is 11.6 Å². The van der Waals surface area contributed by atoms with E-state index < -0.39 is 17.2 Å². The van der Waals surface area contributed by atoms with Crippen molar-refractivity contribution in [3.8, 4) is 11.9 Å². The van der Waals surface area contributed by atoms with Crippen molar-refractivity contribution in [3.05, 3.63) is 57.1 Å². The number of benzene rings is 1. The SMILES string of the molecule is Cc1n[nH]c2c1C(c1cc(Cl)cc(C(F)(F)F)c1)(C(C)C)C(C#N)=C(N)O2. The Morgan fingerprint density at radius 2 is 2.00 bits per heavy atom. The van der Waals surface area contributed by atoms with Gasteiger partial charge >= 0.3 is 6.18 Å². The Hall–Kier alpha value is -2.66. The van der Waals surface area contributed by atoms with Gasteiger partial charge < -0.3 is 10.5 Å². The van der Waals surface area contributed by atoms with Gasteiger partial charge in [0.2, 0.25) is 11.8 Å². The van der Waals surface area contributed by atoms with E-state index >= 15 is 0 Å². The molecule has 0 saturated carbocycles. The third kappa shape index (κ3) is 2.73. The highest BCUT2D eigenvalue weighted by Gasteiger charge is 2.51. The molecule has 9 heteroatoms. The van der Waals surface area contributed by atoms with Crippen molar-refractivity contribution < 1.29 is 17.9 Å². The lowest BCUT2D eigenvalue weighted by molar-refractivity contribution is -0.137. The summed E-state index contributed by atoms with van der Waals surface area (Å²) in [4.78, 5) is 0. The van der Waals surface area contributed by atoms with Gasteiger partial charge in [-0.1, -0.05) is 25.4 Å². The van der Waals surface area contributed by atoms with Gasteiger partial charge in [-0.2, -0.15) is 23.5 Å². The molecule has 2 heterocycles. The molecule has 1 atom stereocenters. The zero-order chi connectivity index (χ0) is 20.1. The second-order valence-corrected chi connectivity index (χ2v) is 7.09. The van der Waals surface area contributed by atoms with Gasteiger partial charge in [0.1, 0.15) is 11.6 Å². The number of nitrogens with zero attached hydrogens (tertiary/aromatic N) is 2. The van der Waals surface area contributed by atoms with Gasteiger partial charge in [0.05, 0.1) is 22.2 Å². The van der Waals surface area contributed by atoms with Crippen molar-refractivity contribution in [2.45, 2.75) is 32.4 Å². The molecule has 2 aromatic rings. The van der Waals surface area contributed by atoms with Crippen molar-refractivity contribution in [1.29, 1.82) is 5.26 Å². The van der Waals surface area contributed by atoms with E-state index in [4.69, 9.17) is 22.1 Å². The van der Waals surface area contributed by atoms with E-state index in [-0.39, 0.29) is 33.8 Å². The number of aromatic amines is 1. The molecule has 5 nitrogen and oxygen atoms in total. The highest BCUT2D eigenvalue weighted by atomic mass is 35.5. The number of H-pyrrole nitrogens is 1. The number of aryl methyl sites for hydroxylation is 1. The lowest BCUT2D eigenvalue weighted by Gasteiger charge is -2.41. The number of alkyl halides is 3. The summed E-state index contributed by atoms with van der Waals surface area (Å²) in [7, 11) is 0. The number of hydrogen-bond acceptors (Lipinski definition) is 4. The molecular weight excluding hydrogens is 381 g/mol. The maximum absolute atomic E-state index is 13.4. The van der Waals surface area contributed by atoms with Gasteiger partial charge in [0.25, 0.3) is 0 Å². The second kappa shape index (κ2) is 6.20. The minimum atomic E-state index is -4.60. The smallest absolute Gasteiger partial charge is 0.416 e. The molecule has 0 spiro atoms. The van der Waals surface area contributed by atoms with Crippen LogP contribution in [-0.2, 0) is 11.6 Å². The van der Waals surface area contributed by atoms with E-state index in [1.165, 1.54) is 6.07 Å². The summed E-state index contributed by atoms with van der Waals surface area (Å²) in [6.45, 7) is 5.27. The first-order valence-electron chi connectivity index (χ1n) is 8.05. The summed E-state index contributed by atoms with van der Waals surface area (Å²) in [5, 5.41) is 16.5. The minimum absolute atomic E-state index is 0.0184. The molecule has 1 aliphatic rings. The Morgan fingerprint density at radius 3 is 2.56 bits per heavy atom. The standard InChI is InChI=1S/C18H16ClF3N4O/c1-8(2)17(10-4-11(18(20,21)22)6-12(19)5-10)13(7-23)15(24)27-16-14(17)9(3)25-26-16/h4-6,8H,24H2,1-3H3,(H,25,26).